The van der Waals surface area contributed by atoms with Crippen molar-refractivity contribution in [2.45, 2.75) is 0 Å². The molecule has 10 rings (SSSR count). The third-order valence-electron chi connectivity index (χ3n) is 10.2. The van der Waals surface area contributed by atoms with Gasteiger partial charge in [-0.15, -0.1) is 0 Å². The van der Waals surface area contributed by atoms with Crippen molar-refractivity contribution < 1.29 is 0 Å². The highest BCUT2D eigenvalue weighted by atomic mass is 14.7. The Kier molecular flexibility index (Phi) is 6.28. The van der Waals surface area contributed by atoms with Gasteiger partial charge in [0, 0.05) is 16.3 Å². The number of aromatic nitrogens is 1. The van der Waals surface area contributed by atoms with E-state index in [-0.39, 0.29) is 0 Å². The second-order valence-electron chi connectivity index (χ2n) is 13.0. The molecule has 0 atom stereocenters. The smallest absolute Gasteiger partial charge is 0.0991 e. The number of fused-ring (bicyclic) bond motifs is 9. The van der Waals surface area contributed by atoms with Crippen LogP contribution in [-0.2, 0) is 0 Å². The average Bonchev–Trinajstić information content (AvgIpc) is 3.19. The van der Waals surface area contributed by atoms with E-state index in [1.54, 1.807) is 0 Å². The first-order chi connectivity index (χ1) is 24.7. The van der Waals surface area contributed by atoms with Crippen molar-refractivity contribution in [1.82, 2.24) is 4.98 Å². The second-order valence-corrected chi connectivity index (χ2v) is 13.0. The normalized spacial score (nSPS) is 11.6. The molecule has 0 saturated heterocycles. The number of hydrogen-bond acceptors (Lipinski definition) is 2. The molecule has 10 aromatic rings. The maximum atomic E-state index is 9.79. The number of pyridine rings is 1. The van der Waals surface area contributed by atoms with Gasteiger partial charge < -0.3 is 0 Å². The molecule has 0 fully saturated rings. The molecule has 0 saturated carbocycles. The van der Waals surface area contributed by atoms with E-state index in [1.165, 1.54) is 48.7 Å². The van der Waals surface area contributed by atoms with E-state index in [0.717, 1.165) is 49.6 Å². The van der Waals surface area contributed by atoms with Gasteiger partial charge in [-0.25, -0.2) is 4.98 Å². The van der Waals surface area contributed by atoms with E-state index >= 15 is 0 Å². The van der Waals surface area contributed by atoms with Gasteiger partial charge in [-0.2, -0.15) is 5.26 Å². The molecule has 1 aromatic heterocycles. The summed E-state index contributed by atoms with van der Waals surface area (Å²) in [6, 6.07) is 62.8. The zero-order valence-corrected chi connectivity index (χ0v) is 27.1. The second kappa shape index (κ2) is 11.1. The summed E-state index contributed by atoms with van der Waals surface area (Å²) in [5.74, 6) is 0. The average molecular weight is 633 g/mol. The molecule has 2 nitrogen and oxygen atoms in total. The Morgan fingerprint density at radius 3 is 1.50 bits per heavy atom. The Morgan fingerprint density at radius 1 is 0.360 bits per heavy atom. The number of benzene rings is 9. The van der Waals surface area contributed by atoms with E-state index in [2.05, 4.69) is 158 Å². The highest BCUT2D eigenvalue weighted by Crippen LogP contribution is 2.44. The van der Waals surface area contributed by atoms with Crippen molar-refractivity contribution in [2.24, 2.45) is 0 Å². The first-order valence-corrected chi connectivity index (χ1v) is 16.9. The summed E-state index contributed by atoms with van der Waals surface area (Å²) in [5.41, 5.74) is 8.06. The van der Waals surface area contributed by atoms with E-state index in [9.17, 15) is 5.26 Å². The lowest BCUT2D eigenvalue weighted by atomic mass is 9.87. The van der Waals surface area contributed by atoms with Gasteiger partial charge in [0.15, 0.2) is 0 Å². The summed E-state index contributed by atoms with van der Waals surface area (Å²) in [6.45, 7) is 0. The minimum Gasteiger partial charge on any atom is -0.247 e. The van der Waals surface area contributed by atoms with Crippen molar-refractivity contribution in [3.05, 3.63) is 175 Å². The number of rotatable bonds is 3. The van der Waals surface area contributed by atoms with Crippen LogP contribution in [0.25, 0.3) is 98.3 Å². The Labute approximate surface area is 289 Å². The van der Waals surface area contributed by atoms with Crippen molar-refractivity contribution in [3.63, 3.8) is 0 Å². The molecule has 0 aliphatic rings. The van der Waals surface area contributed by atoms with Crippen LogP contribution in [0.15, 0.2) is 170 Å². The fraction of sp³-hybridized carbons (Fsp3) is 0. The summed E-state index contributed by atoms with van der Waals surface area (Å²) in [6.07, 6.45) is 0. The first kappa shape index (κ1) is 28.2. The van der Waals surface area contributed by atoms with Gasteiger partial charge in [0.25, 0.3) is 0 Å². The van der Waals surface area contributed by atoms with Crippen molar-refractivity contribution in [1.29, 1.82) is 5.26 Å². The molecule has 9 aromatic carbocycles. The van der Waals surface area contributed by atoms with Crippen molar-refractivity contribution >= 4 is 64.8 Å². The van der Waals surface area contributed by atoms with Crippen LogP contribution in [0.2, 0.25) is 0 Å². The summed E-state index contributed by atoms with van der Waals surface area (Å²) in [7, 11) is 0. The van der Waals surface area contributed by atoms with E-state index in [4.69, 9.17) is 4.98 Å². The largest absolute Gasteiger partial charge is 0.247 e. The number of hydrogen-bond donors (Lipinski definition) is 0. The Morgan fingerprint density at radius 2 is 0.860 bits per heavy atom. The lowest BCUT2D eigenvalue weighted by molar-refractivity contribution is 1.42. The molecule has 0 aliphatic carbocycles. The van der Waals surface area contributed by atoms with E-state index in [1.807, 2.05) is 18.2 Å². The Balaban J connectivity index is 1.40. The SMILES string of the molecule is N#Cc1cccc(-c2cc3c(-c4cc5ccccc5c5ccccc45)cc(-c4cc5ccccc5c5ccccc45)nc3c3ccccc23)c1. The minimum atomic E-state index is 0.643. The van der Waals surface area contributed by atoms with Crippen LogP contribution in [0.5, 0.6) is 0 Å². The standard InChI is InChI=1S/C48H28N2/c49-29-30-12-11-15-31(24-30)42-27-46-44(43-25-32-13-1-3-16-34(32)36-18-5-7-20-38(36)43)28-47(50-48(46)41-23-10-9-22-40(41)42)45-26-33-14-2-4-17-35(33)37-19-6-8-21-39(37)45/h1-28H. The van der Waals surface area contributed by atoms with Gasteiger partial charge in [0.05, 0.1) is 22.8 Å². The zero-order chi connectivity index (χ0) is 33.2. The predicted octanol–water partition coefficient (Wildman–Crippen LogP) is 12.9. The van der Waals surface area contributed by atoms with Gasteiger partial charge in [-0.05, 0) is 107 Å². The van der Waals surface area contributed by atoms with E-state index in [0.29, 0.717) is 5.56 Å². The molecule has 2 heteroatoms. The Bertz CT molecular complexity index is 3060. The van der Waals surface area contributed by atoms with Gasteiger partial charge in [0.2, 0.25) is 0 Å². The molecular formula is C48H28N2. The molecule has 0 bridgehead atoms. The third kappa shape index (κ3) is 4.31. The predicted molar refractivity (Wildman–Crippen MR) is 210 cm³/mol. The molecule has 50 heavy (non-hydrogen) atoms. The molecule has 0 aliphatic heterocycles. The maximum absolute atomic E-state index is 9.79. The zero-order valence-electron chi connectivity index (χ0n) is 27.1. The minimum absolute atomic E-state index is 0.643. The van der Waals surface area contributed by atoms with Gasteiger partial charge in [0.1, 0.15) is 0 Å². The summed E-state index contributed by atoms with van der Waals surface area (Å²) < 4.78 is 0. The lowest BCUT2D eigenvalue weighted by Gasteiger charge is -2.18. The quantitative estimate of drug-likeness (QED) is 0.182. The van der Waals surface area contributed by atoms with E-state index < -0.39 is 0 Å². The van der Waals surface area contributed by atoms with Crippen LogP contribution < -0.4 is 0 Å². The fourth-order valence-corrected chi connectivity index (χ4v) is 7.95. The lowest BCUT2D eigenvalue weighted by Crippen LogP contribution is -1.95. The van der Waals surface area contributed by atoms with Gasteiger partial charge in [-0.3, -0.25) is 0 Å². The monoisotopic (exact) mass is 632 g/mol. The molecule has 0 unspecified atom stereocenters. The maximum Gasteiger partial charge on any atom is 0.0991 e. The van der Waals surface area contributed by atoms with Crippen LogP contribution in [0.3, 0.4) is 0 Å². The Hall–Kier alpha value is -6.82. The molecule has 0 spiro atoms. The number of nitrogens with zero attached hydrogens (tertiary/aromatic N) is 2. The highest BCUT2D eigenvalue weighted by molar-refractivity contribution is 6.21. The fourth-order valence-electron chi connectivity index (χ4n) is 7.95. The van der Waals surface area contributed by atoms with Gasteiger partial charge >= 0.3 is 0 Å². The third-order valence-corrected chi connectivity index (χ3v) is 10.2. The summed E-state index contributed by atoms with van der Waals surface area (Å²) >= 11 is 0. The topological polar surface area (TPSA) is 36.7 Å². The molecule has 0 radical (unpaired) electrons. The summed E-state index contributed by atoms with van der Waals surface area (Å²) in [5, 5.41) is 22.8. The molecule has 0 amide bonds. The van der Waals surface area contributed by atoms with Crippen LogP contribution in [0.4, 0.5) is 0 Å². The van der Waals surface area contributed by atoms with Crippen LogP contribution >= 0.6 is 0 Å². The van der Waals surface area contributed by atoms with Crippen molar-refractivity contribution in [3.8, 4) is 39.6 Å². The van der Waals surface area contributed by atoms with Crippen LogP contribution in [-0.4, -0.2) is 4.98 Å². The van der Waals surface area contributed by atoms with Crippen LogP contribution in [0, 0.1) is 11.3 Å². The molecular weight excluding hydrogens is 605 g/mol. The highest BCUT2D eigenvalue weighted by Gasteiger charge is 2.19. The first-order valence-electron chi connectivity index (χ1n) is 16.9. The van der Waals surface area contributed by atoms with Crippen LogP contribution in [0.1, 0.15) is 5.56 Å². The van der Waals surface area contributed by atoms with Crippen molar-refractivity contribution in [2.75, 3.05) is 0 Å². The molecule has 230 valence electrons. The number of nitriles is 1. The molecule has 0 N–H and O–H groups in total. The van der Waals surface area contributed by atoms with Gasteiger partial charge in [-0.1, -0.05) is 133 Å². The summed E-state index contributed by atoms with van der Waals surface area (Å²) in [4.78, 5) is 5.58. The molecule has 1 heterocycles.